The van der Waals surface area contributed by atoms with Gasteiger partial charge < -0.3 is 5.73 Å². The maximum absolute atomic E-state index is 10.9. The summed E-state index contributed by atoms with van der Waals surface area (Å²) in [5.74, 6) is 0.380. The fourth-order valence-corrected chi connectivity index (χ4v) is 3.03. The van der Waals surface area contributed by atoms with Gasteiger partial charge in [0.1, 0.15) is 0 Å². The molecular formula is C16H19N3O. The molecular weight excluding hydrogens is 250 g/mol. The van der Waals surface area contributed by atoms with Gasteiger partial charge in [0, 0.05) is 18.1 Å². The number of aromatic nitrogens is 1. The summed E-state index contributed by atoms with van der Waals surface area (Å²) in [6, 6.07) is 10.5. The van der Waals surface area contributed by atoms with E-state index in [4.69, 9.17) is 5.73 Å². The van der Waals surface area contributed by atoms with E-state index in [0.29, 0.717) is 12.5 Å². The molecule has 0 spiro atoms. The van der Waals surface area contributed by atoms with Gasteiger partial charge >= 0.3 is 0 Å². The van der Waals surface area contributed by atoms with Gasteiger partial charge in [-0.2, -0.15) is 0 Å². The Balaban J connectivity index is 1.66. The molecule has 3 rings (SSSR count). The van der Waals surface area contributed by atoms with Crippen molar-refractivity contribution >= 4 is 16.8 Å². The van der Waals surface area contributed by atoms with Crippen molar-refractivity contribution < 1.29 is 4.79 Å². The van der Waals surface area contributed by atoms with Gasteiger partial charge in [-0.15, -0.1) is 0 Å². The van der Waals surface area contributed by atoms with Crippen molar-refractivity contribution in [1.29, 1.82) is 0 Å². The summed E-state index contributed by atoms with van der Waals surface area (Å²) in [5, 5.41) is 1.19. The zero-order chi connectivity index (χ0) is 13.9. The summed E-state index contributed by atoms with van der Waals surface area (Å²) < 4.78 is 0. The second kappa shape index (κ2) is 5.59. The first-order valence-corrected chi connectivity index (χ1v) is 7.05. The fourth-order valence-electron chi connectivity index (χ4n) is 3.03. The van der Waals surface area contributed by atoms with E-state index in [9.17, 15) is 4.79 Å². The van der Waals surface area contributed by atoms with Crippen molar-refractivity contribution in [2.24, 2.45) is 11.7 Å². The first kappa shape index (κ1) is 13.1. The van der Waals surface area contributed by atoms with Crippen LogP contribution < -0.4 is 5.73 Å². The molecule has 1 fully saturated rings. The predicted molar refractivity (Wildman–Crippen MR) is 79.2 cm³/mol. The Morgan fingerprint density at radius 3 is 3.15 bits per heavy atom. The molecule has 2 aromatic rings. The number of rotatable bonds is 4. The molecule has 1 amide bonds. The molecule has 1 unspecified atom stereocenters. The van der Waals surface area contributed by atoms with Gasteiger partial charge in [0.05, 0.1) is 12.1 Å². The lowest BCUT2D eigenvalue weighted by atomic mass is 9.97. The van der Waals surface area contributed by atoms with E-state index in [2.05, 4.69) is 34.1 Å². The number of nitrogens with two attached hydrogens (primary N) is 1. The van der Waals surface area contributed by atoms with E-state index in [1.54, 1.807) is 0 Å². The van der Waals surface area contributed by atoms with Crippen LogP contribution in [0.3, 0.4) is 0 Å². The van der Waals surface area contributed by atoms with Gasteiger partial charge in [0.2, 0.25) is 5.91 Å². The average Bonchev–Trinajstić information content (AvgIpc) is 2.85. The zero-order valence-corrected chi connectivity index (χ0v) is 11.5. The number of hydrogen-bond donors (Lipinski definition) is 1. The molecule has 104 valence electrons. The Morgan fingerprint density at radius 2 is 2.30 bits per heavy atom. The van der Waals surface area contributed by atoms with Gasteiger partial charge in [0.15, 0.2) is 0 Å². The van der Waals surface area contributed by atoms with Gasteiger partial charge in [-0.25, -0.2) is 0 Å². The Kier molecular flexibility index (Phi) is 3.65. The molecule has 1 atom stereocenters. The van der Waals surface area contributed by atoms with Crippen LogP contribution in [-0.2, 0) is 11.2 Å². The van der Waals surface area contributed by atoms with Crippen LogP contribution >= 0.6 is 0 Å². The normalized spacial score (nSPS) is 19.5. The minimum atomic E-state index is -0.234. The van der Waals surface area contributed by atoms with E-state index >= 15 is 0 Å². The Labute approximate surface area is 118 Å². The summed E-state index contributed by atoms with van der Waals surface area (Å²) >= 11 is 0. The second-order valence-electron chi connectivity index (χ2n) is 5.59. The van der Waals surface area contributed by atoms with Gasteiger partial charge in [-0.3, -0.25) is 14.7 Å². The number of hydrogen-bond acceptors (Lipinski definition) is 3. The predicted octanol–water partition coefficient (Wildman–Crippen LogP) is 1.58. The Hall–Kier alpha value is -1.94. The quantitative estimate of drug-likeness (QED) is 0.917. The Bertz CT molecular complexity index is 626. The lowest BCUT2D eigenvalue weighted by Crippen LogP contribution is -2.32. The molecule has 0 bridgehead atoms. The van der Waals surface area contributed by atoms with Crippen LogP contribution in [0.1, 0.15) is 12.0 Å². The van der Waals surface area contributed by atoms with Crippen LogP contribution in [0.25, 0.3) is 10.9 Å². The van der Waals surface area contributed by atoms with E-state index in [0.717, 1.165) is 31.4 Å². The molecule has 4 nitrogen and oxygen atoms in total. The molecule has 4 heteroatoms. The van der Waals surface area contributed by atoms with Gasteiger partial charge in [-0.05, 0) is 49.1 Å². The molecule has 1 aliphatic rings. The fraction of sp³-hybridized carbons (Fsp3) is 0.375. The number of carbonyl (C=O) groups is 1. The number of fused-ring (bicyclic) bond motifs is 1. The summed E-state index contributed by atoms with van der Waals surface area (Å²) in [5.41, 5.74) is 7.63. The van der Waals surface area contributed by atoms with E-state index < -0.39 is 0 Å². The lowest BCUT2D eigenvalue weighted by molar-refractivity contribution is -0.118. The molecule has 0 aliphatic carbocycles. The molecule has 0 radical (unpaired) electrons. The smallest absolute Gasteiger partial charge is 0.231 e. The van der Waals surface area contributed by atoms with Crippen LogP contribution in [0, 0.1) is 5.92 Å². The number of primary amides is 1. The van der Waals surface area contributed by atoms with E-state index in [-0.39, 0.29) is 5.91 Å². The number of likely N-dealkylation sites (tertiary alicyclic amines) is 1. The monoisotopic (exact) mass is 269 g/mol. The average molecular weight is 269 g/mol. The summed E-state index contributed by atoms with van der Waals surface area (Å²) in [6.45, 7) is 2.33. The molecule has 20 heavy (non-hydrogen) atoms. The highest BCUT2D eigenvalue weighted by Crippen LogP contribution is 2.22. The van der Waals surface area contributed by atoms with Gasteiger partial charge in [0.25, 0.3) is 0 Å². The number of carbonyl (C=O) groups excluding carboxylic acids is 1. The molecule has 2 N–H and O–H groups in total. The van der Waals surface area contributed by atoms with Crippen molar-refractivity contribution in [2.45, 2.75) is 12.8 Å². The van der Waals surface area contributed by atoms with Crippen LogP contribution in [0.5, 0.6) is 0 Å². The third kappa shape index (κ3) is 2.96. The van der Waals surface area contributed by atoms with Crippen molar-refractivity contribution in [1.82, 2.24) is 9.88 Å². The van der Waals surface area contributed by atoms with Crippen LogP contribution in [0.2, 0.25) is 0 Å². The highest BCUT2D eigenvalue weighted by Gasteiger charge is 2.23. The van der Waals surface area contributed by atoms with Crippen molar-refractivity contribution in [3.8, 4) is 0 Å². The first-order valence-electron chi connectivity index (χ1n) is 7.05. The maximum atomic E-state index is 10.9. The highest BCUT2D eigenvalue weighted by atomic mass is 16.1. The number of amides is 1. The molecule has 1 saturated heterocycles. The SMILES string of the molecule is NC(=O)CN1CCC(Cc2ccc3ncccc3c2)C1. The van der Waals surface area contributed by atoms with Crippen molar-refractivity contribution in [3.63, 3.8) is 0 Å². The standard InChI is InChI=1S/C16H19N3O/c17-16(20)11-19-7-5-13(10-19)8-12-3-4-15-14(9-12)2-1-6-18-15/h1-4,6,9,13H,5,7-8,10-11H2,(H2,17,20). The third-order valence-electron chi connectivity index (χ3n) is 3.94. The van der Waals surface area contributed by atoms with Crippen LogP contribution in [0.15, 0.2) is 36.5 Å². The summed E-state index contributed by atoms with van der Waals surface area (Å²) in [6.07, 6.45) is 4.01. The first-order chi connectivity index (χ1) is 9.70. The molecule has 0 saturated carbocycles. The summed E-state index contributed by atoms with van der Waals surface area (Å²) in [4.78, 5) is 17.4. The largest absolute Gasteiger partial charge is 0.369 e. The second-order valence-corrected chi connectivity index (χ2v) is 5.59. The van der Waals surface area contributed by atoms with Gasteiger partial charge in [-0.1, -0.05) is 12.1 Å². The zero-order valence-electron chi connectivity index (χ0n) is 11.5. The third-order valence-corrected chi connectivity index (χ3v) is 3.94. The van der Waals surface area contributed by atoms with E-state index in [1.165, 1.54) is 10.9 Å². The minimum absolute atomic E-state index is 0.234. The van der Waals surface area contributed by atoms with E-state index in [1.807, 2.05) is 12.3 Å². The number of benzene rings is 1. The minimum Gasteiger partial charge on any atom is -0.369 e. The summed E-state index contributed by atoms with van der Waals surface area (Å²) in [7, 11) is 0. The van der Waals surface area contributed by atoms with Crippen LogP contribution in [0.4, 0.5) is 0 Å². The molecule has 1 aromatic carbocycles. The number of pyridine rings is 1. The molecule has 1 aromatic heterocycles. The lowest BCUT2D eigenvalue weighted by Gasteiger charge is -2.14. The topological polar surface area (TPSA) is 59.2 Å². The van der Waals surface area contributed by atoms with Crippen LogP contribution in [-0.4, -0.2) is 35.4 Å². The highest BCUT2D eigenvalue weighted by molar-refractivity contribution is 5.79. The Morgan fingerprint density at radius 1 is 1.40 bits per heavy atom. The number of nitrogens with zero attached hydrogens (tertiary/aromatic N) is 2. The maximum Gasteiger partial charge on any atom is 0.231 e. The van der Waals surface area contributed by atoms with Crippen molar-refractivity contribution in [3.05, 3.63) is 42.1 Å². The molecule has 2 heterocycles. The van der Waals surface area contributed by atoms with Crippen molar-refractivity contribution in [2.75, 3.05) is 19.6 Å². The molecule has 1 aliphatic heterocycles.